The number of hydrogen-bond acceptors (Lipinski definition) is 3. The average Bonchev–Trinajstić information content (AvgIpc) is 2.58. The number of amides is 1. The van der Waals surface area contributed by atoms with Gasteiger partial charge in [0.1, 0.15) is 6.61 Å². The van der Waals surface area contributed by atoms with Crippen LogP contribution in [0, 0.1) is 10.5 Å². The van der Waals surface area contributed by atoms with E-state index in [0.717, 1.165) is 9.13 Å². The van der Waals surface area contributed by atoms with Crippen molar-refractivity contribution in [1.29, 1.82) is 0 Å². The minimum Gasteiger partial charge on any atom is -0.460 e. The van der Waals surface area contributed by atoms with E-state index in [1.807, 2.05) is 43.3 Å². The summed E-state index contributed by atoms with van der Waals surface area (Å²) in [4.78, 5) is 23.6. The molecule has 2 aromatic rings. The molecule has 5 heteroatoms. The molecule has 0 saturated carbocycles. The summed E-state index contributed by atoms with van der Waals surface area (Å²) in [5.74, 6) is -0.416. The van der Waals surface area contributed by atoms with Gasteiger partial charge in [-0.05, 0) is 65.8 Å². The van der Waals surface area contributed by atoms with Crippen molar-refractivity contribution in [3.05, 3.63) is 68.8 Å². The summed E-state index contributed by atoms with van der Waals surface area (Å²) in [6.07, 6.45) is 1.13. The highest BCUT2D eigenvalue weighted by molar-refractivity contribution is 14.1. The number of aryl methyl sites for hydroxylation is 2. The Bertz CT molecular complexity index is 681. The van der Waals surface area contributed by atoms with Gasteiger partial charge in [0, 0.05) is 9.99 Å². The van der Waals surface area contributed by atoms with Gasteiger partial charge in [-0.25, -0.2) is 4.79 Å². The SMILES string of the molecule is Cc1ccc(CCC(=O)NCCOC(=O)c2ccc(I)cc2)cc1. The molecule has 0 unspecified atom stereocenters. The van der Waals surface area contributed by atoms with Gasteiger partial charge in [-0.2, -0.15) is 0 Å². The van der Waals surface area contributed by atoms with Crippen LogP contribution < -0.4 is 5.32 Å². The first-order valence-electron chi connectivity index (χ1n) is 7.79. The van der Waals surface area contributed by atoms with Crippen molar-refractivity contribution in [3.63, 3.8) is 0 Å². The van der Waals surface area contributed by atoms with Crippen LogP contribution in [-0.4, -0.2) is 25.0 Å². The molecule has 0 bridgehead atoms. The Balaban J connectivity index is 1.63. The molecule has 0 aliphatic carbocycles. The second-order valence-corrected chi connectivity index (χ2v) is 6.72. The van der Waals surface area contributed by atoms with Gasteiger partial charge in [-0.3, -0.25) is 4.79 Å². The van der Waals surface area contributed by atoms with Crippen LogP contribution in [0.25, 0.3) is 0 Å². The van der Waals surface area contributed by atoms with Crippen LogP contribution in [0.4, 0.5) is 0 Å². The fourth-order valence-corrected chi connectivity index (χ4v) is 2.46. The molecule has 24 heavy (non-hydrogen) atoms. The Labute approximate surface area is 155 Å². The fraction of sp³-hybridized carbons (Fsp3) is 0.263. The number of esters is 1. The molecule has 0 atom stereocenters. The van der Waals surface area contributed by atoms with Gasteiger partial charge in [-0.1, -0.05) is 29.8 Å². The predicted octanol–water partition coefficient (Wildman–Crippen LogP) is 3.51. The van der Waals surface area contributed by atoms with E-state index in [-0.39, 0.29) is 18.5 Å². The molecule has 0 radical (unpaired) electrons. The number of carbonyl (C=O) groups is 2. The van der Waals surface area contributed by atoms with Crippen molar-refractivity contribution in [2.24, 2.45) is 0 Å². The van der Waals surface area contributed by atoms with Crippen LogP contribution in [0.15, 0.2) is 48.5 Å². The van der Waals surface area contributed by atoms with Crippen LogP contribution in [0.5, 0.6) is 0 Å². The Hall–Kier alpha value is -1.89. The normalized spacial score (nSPS) is 10.2. The summed E-state index contributed by atoms with van der Waals surface area (Å²) in [5.41, 5.74) is 2.86. The number of halogens is 1. The van der Waals surface area contributed by atoms with E-state index in [1.165, 1.54) is 5.56 Å². The number of ether oxygens (including phenoxy) is 1. The first kappa shape index (κ1) is 18.4. The second kappa shape index (κ2) is 9.42. The maximum absolute atomic E-state index is 11.8. The number of nitrogens with one attached hydrogen (secondary N) is 1. The number of hydrogen-bond donors (Lipinski definition) is 1. The Morgan fingerprint density at radius 3 is 2.38 bits per heavy atom. The molecule has 0 aliphatic rings. The van der Waals surface area contributed by atoms with E-state index in [0.29, 0.717) is 24.9 Å². The Morgan fingerprint density at radius 2 is 1.71 bits per heavy atom. The molecule has 0 aromatic heterocycles. The minimum atomic E-state index is -0.375. The van der Waals surface area contributed by atoms with Crippen LogP contribution >= 0.6 is 22.6 Å². The van der Waals surface area contributed by atoms with Crippen molar-refractivity contribution in [2.45, 2.75) is 19.8 Å². The summed E-state index contributed by atoms with van der Waals surface area (Å²) >= 11 is 2.18. The lowest BCUT2D eigenvalue weighted by Gasteiger charge is -2.07. The summed E-state index contributed by atoms with van der Waals surface area (Å²) < 4.78 is 6.20. The minimum absolute atomic E-state index is 0.0408. The molecule has 1 amide bonds. The van der Waals surface area contributed by atoms with Crippen molar-refractivity contribution < 1.29 is 14.3 Å². The topological polar surface area (TPSA) is 55.4 Å². The van der Waals surface area contributed by atoms with Crippen molar-refractivity contribution in [2.75, 3.05) is 13.2 Å². The fourth-order valence-electron chi connectivity index (χ4n) is 2.10. The smallest absolute Gasteiger partial charge is 0.338 e. The third-order valence-corrected chi connectivity index (χ3v) is 4.22. The number of carbonyl (C=O) groups excluding carboxylic acids is 2. The van der Waals surface area contributed by atoms with Gasteiger partial charge in [0.05, 0.1) is 12.1 Å². The van der Waals surface area contributed by atoms with Gasteiger partial charge in [0.15, 0.2) is 0 Å². The van der Waals surface area contributed by atoms with Crippen molar-refractivity contribution >= 4 is 34.5 Å². The standard InChI is InChI=1S/C19H20INO3/c1-14-2-4-15(5-3-14)6-11-18(22)21-12-13-24-19(23)16-7-9-17(20)10-8-16/h2-5,7-10H,6,11-13H2,1H3,(H,21,22). The molecule has 1 N–H and O–H groups in total. The molecule has 2 rings (SSSR count). The molecular weight excluding hydrogens is 417 g/mol. The van der Waals surface area contributed by atoms with Crippen molar-refractivity contribution in [1.82, 2.24) is 5.32 Å². The van der Waals surface area contributed by atoms with Crippen LogP contribution in [0.1, 0.15) is 27.9 Å². The van der Waals surface area contributed by atoms with Gasteiger partial charge in [-0.15, -0.1) is 0 Å². The quantitative estimate of drug-likeness (QED) is 0.410. The molecule has 126 valence electrons. The molecule has 0 saturated heterocycles. The average molecular weight is 437 g/mol. The first-order chi connectivity index (χ1) is 11.5. The zero-order chi connectivity index (χ0) is 17.4. The molecular formula is C19H20INO3. The zero-order valence-electron chi connectivity index (χ0n) is 13.5. The highest BCUT2D eigenvalue weighted by Gasteiger charge is 2.07. The van der Waals surface area contributed by atoms with Gasteiger partial charge < -0.3 is 10.1 Å². The van der Waals surface area contributed by atoms with Crippen LogP contribution in [0.2, 0.25) is 0 Å². The lowest BCUT2D eigenvalue weighted by molar-refractivity contribution is -0.121. The maximum atomic E-state index is 11.8. The van der Waals surface area contributed by atoms with Gasteiger partial charge in [0.2, 0.25) is 5.91 Å². The summed E-state index contributed by atoms with van der Waals surface area (Å²) in [5, 5.41) is 2.76. The number of benzene rings is 2. The maximum Gasteiger partial charge on any atom is 0.338 e. The van der Waals surface area contributed by atoms with Gasteiger partial charge >= 0.3 is 5.97 Å². The molecule has 0 spiro atoms. The third-order valence-electron chi connectivity index (χ3n) is 3.50. The van der Waals surface area contributed by atoms with Crippen molar-refractivity contribution in [3.8, 4) is 0 Å². The Kier molecular flexibility index (Phi) is 7.24. The summed E-state index contributed by atoms with van der Waals surface area (Å²) in [7, 11) is 0. The zero-order valence-corrected chi connectivity index (χ0v) is 15.7. The van der Waals surface area contributed by atoms with E-state index < -0.39 is 0 Å². The van der Waals surface area contributed by atoms with Gasteiger partial charge in [0.25, 0.3) is 0 Å². The molecule has 0 aliphatic heterocycles. The van der Waals surface area contributed by atoms with E-state index in [9.17, 15) is 9.59 Å². The largest absolute Gasteiger partial charge is 0.460 e. The molecule has 4 nitrogen and oxygen atoms in total. The van der Waals surface area contributed by atoms with E-state index in [4.69, 9.17) is 4.74 Å². The molecule has 2 aromatic carbocycles. The van der Waals surface area contributed by atoms with E-state index >= 15 is 0 Å². The Morgan fingerprint density at radius 1 is 1.04 bits per heavy atom. The van der Waals surface area contributed by atoms with E-state index in [2.05, 4.69) is 27.9 Å². The molecule has 0 fully saturated rings. The lowest BCUT2D eigenvalue weighted by atomic mass is 10.1. The summed E-state index contributed by atoms with van der Waals surface area (Å²) in [6, 6.07) is 15.3. The first-order valence-corrected chi connectivity index (χ1v) is 8.87. The highest BCUT2D eigenvalue weighted by Crippen LogP contribution is 2.08. The highest BCUT2D eigenvalue weighted by atomic mass is 127. The second-order valence-electron chi connectivity index (χ2n) is 5.48. The summed E-state index contributed by atoms with van der Waals surface area (Å²) in [6.45, 7) is 2.53. The van der Waals surface area contributed by atoms with Crippen LogP contribution in [-0.2, 0) is 16.0 Å². The third kappa shape index (κ3) is 6.31. The monoisotopic (exact) mass is 437 g/mol. The van der Waals surface area contributed by atoms with E-state index in [1.54, 1.807) is 12.1 Å². The predicted molar refractivity (Wildman–Crippen MR) is 102 cm³/mol. The number of rotatable bonds is 7. The lowest BCUT2D eigenvalue weighted by Crippen LogP contribution is -2.28. The molecule has 0 heterocycles. The van der Waals surface area contributed by atoms with Crippen LogP contribution in [0.3, 0.4) is 0 Å².